The summed E-state index contributed by atoms with van der Waals surface area (Å²) in [5.41, 5.74) is 1.59. The van der Waals surface area contributed by atoms with E-state index < -0.39 is 0 Å². The zero-order valence-corrected chi connectivity index (χ0v) is 17.4. The number of rotatable bonds is 6. The number of Topliss-reactive ketones (excluding diaryl/α,β-unsaturated/α-hetero) is 1. The van der Waals surface area contributed by atoms with Crippen molar-refractivity contribution >= 4 is 23.3 Å². The fourth-order valence-corrected chi connectivity index (χ4v) is 3.29. The van der Waals surface area contributed by atoms with Gasteiger partial charge in [-0.2, -0.15) is 0 Å². The first-order chi connectivity index (χ1) is 14.4. The van der Waals surface area contributed by atoms with Crippen molar-refractivity contribution in [3.63, 3.8) is 0 Å². The van der Waals surface area contributed by atoms with Gasteiger partial charge >= 0.3 is 0 Å². The third-order valence-electron chi connectivity index (χ3n) is 5.07. The van der Waals surface area contributed by atoms with Crippen LogP contribution in [0.2, 0.25) is 0 Å². The number of piperidine rings is 1. The van der Waals surface area contributed by atoms with Gasteiger partial charge in [-0.15, -0.1) is 6.42 Å². The lowest BCUT2D eigenvalue weighted by Gasteiger charge is -2.29. The molecule has 0 bridgehead atoms. The van der Waals surface area contributed by atoms with Gasteiger partial charge in [0.2, 0.25) is 5.95 Å². The second-order valence-corrected chi connectivity index (χ2v) is 7.25. The molecule has 30 heavy (non-hydrogen) atoms. The summed E-state index contributed by atoms with van der Waals surface area (Å²) < 4.78 is 5.43. The summed E-state index contributed by atoms with van der Waals surface area (Å²) in [5, 5.41) is 6.11. The first kappa shape index (κ1) is 21.3. The Labute approximate surface area is 176 Å². The van der Waals surface area contributed by atoms with E-state index in [2.05, 4.69) is 38.5 Å². The second-order valence-electron chi connectivity index (χ2n) is 7.25. The molecule has 3 rings (SSSR count). The van der Waals surface area contributed by atoms with Crippen LogP contribution >= 0.6 is 0 Å². The summed E-state index contributed by atoms with van der Waals surface area (Å²) in [6.45, 7) is 3.35. The van der Waals surface area contributed by atoms with Gasteiger partial charge in [-0.05, 0) is 64.0 Å². The molecule has 0 saturated carbocycles. The van der Waals surface area contributed by atoms with Gasteiger partial charge in [0.25, 0.3) is 5.91 Å². The summed E-state index contributed by atoms with van der Waals surface area (Å²) >= 11 is 0. The summed E-state index contributed by atoms with van der Waals surface area (Å²) in [6.07, 6.45) is 8.71. The Morgan fingerprint density at radius 1 is 1.30 bits per heavy atom. The first-order valence-electron chi connectivity index (χ1n) is 9.70. The SMILES string of the molecule is C#Cc1nc(Nc2ccc(C(=O)NC3CCN(C)CC3)cc2OC)ncc1C(C)=O. The van der Waals surface area contributed by atoms with Crippen molar-refractivity contribution in [1.82, 2.24) is 20.2 Å². The van der Waals surface area contributed by atoms with Gasteiger partial charge in [0.05, 0.1) is 18.4 Å². The van der Waals surface area contributed by atoms with Gasteiger partial charge in [0.1, 0.15) is 11.4 Å². The quantitative estimate of drug-likeness (QED) is 0.560. The molecule has 156 valence electrons. The molecular weight excluding hydrogens is 382 g/mol. The molecule has 1 aromatic carbocycles. The van der Waals surface area contributed by atoms with Crippen LogP contribution in [-0.2, 0) is 0 Å². The van der Waals surface area contributed by atoms with Crippen LogP contribution < -0.4 is 15.4 Å². The molecule has 8 heteroatoms. The predicted octanol–water partition coefficient (Wildman–Crippen LogP) is 2.24. The Morgan fingerprint density at radius 2 is 2.03 bits per heavy atom. The van der Waals surface area contributed by atoms with E-state index in [1.165, 1.54) is 20.2 Å². The fraction of sp³-hybridized carbons (Fsp3) is 0.364. The fourth-order valence-electron chi connectivity index (χ4n) is 3.29. The van der Waals surface area contributed by atoms with Crippen LogP contribution in [0.25, 0.3) is 0 Å². The van der Waals surface area contributed by atoms with Gasteiger partial charge in [0.15, 0.2) is 5.78 Å². The molecule has 0 unspecified atom stereocenters. The standard InChI is InChI=1S/C22H25N5O3/c1-5-18-17(14(2)28)13-23-22(25-18)26-19-7-6-15(12-20(19)30-4)21(29)24-16-8-10-27(3)11-9-16/h1,6-7,12-13,16H,8-11H2,2-4H3,(H,24,29)(H,23,25,26). The maximum Gasteiger partial charge on any atom is 0.251 e. The van der Waals surface area contributed by atoms with Crippen LogP contribution in [0.3, 0.4) is 0 Å². The highest BCUT2D eigenvalue weighted by Gasteiger charge is 2.20. The number of hydrogen-bond donors (Lipinski definition) is 2. The molecule has 2 N–H and O–H groups in total. The smallest absolute Gasteiger partial charge is 0.251 e. The molecule has 1 amide bonds. The van der Waals surface area contributed by atoms with Crippen molar-refractivity contribution < 1.29 is 14.3 Å². The van der Waals surface area contributed by atoms with Gasteiger partial charge in [0, 0.05) is 17.8 Å². The summed E-state index contributed by atoms with van der Waals surface area (Å²) in [4.78, 5) is 34.8. The lowest BCUT2D eigenvalue weighted by Crippen LogP contribution is -2.43. The molecule has 1 aliphatic heterocycles. The molecule has 2 aromatic rings. The number of likely N-dealkylation sites (tertiary alicyclic amines) is 1. The maximum absolute atomic E-state index is 12.6. The zero-order chi connectivity index (χ0) is 21.7. The van der Waals surface area contributed by atoms with Crippen LogP contribution in [0.4, 0.5) is 11.6 Å². The van der Waals surface area contributed by atoms with Gasteiger partial charge < -0.3 is 20.3 Å². The largest absolute Gasteiger partial charge is 0.495 e. The van der Waals surface area contributed by atoms with Crippen LogP contribution in [-0.4, -0.2) is 59.8 Å². The van der Waals surface area contributed by atoms with Gasteiger partial charge in [-0.25, -0.2) is 9.97 Å². The third kappa shape index (κ3) is 4.93. The second kappa shape index (κ2) is 9.37. The van der Waals surface area contributed by atoms with Gasteiger partial charge in [-0.1, -0.05) is 0 Å². The van der Waals surface area contributed by atoms with Crippen molar-refractivity contribution in [3.8, 4) is 18.1 Å². The molecule has 0 atom stereocenters. The van der Waals surface area contributed by atoms with Crippen LogP contribution in [0.15, 0.2) is 24.4 Å². The Balaban J connectivity index is 1.75. The minimum absolute atomic E-state index is 0.133. The summed E-state index contributed by atoms with van der Waals surface area (Å²) in [5.74, 6) is 2.76. The highest BCUT2D eigenvalue weighted by atomic mass is 16.5. The molecule has 1 saturated heterocycles. The molecule has 1 aromatic heterocycles. The minimum Gasteiger partial charge on any atom is -0.495 e. The minimum atomic E-state index is -0.202. The van der Waals surface area contributed by atoms with Gasteiger partial charge in [-0.3, -0.25) is 9.59 Å². The number of anilines is 2. The number of aromatic nitrogens is 2. The van der Waals surface area contributed by atoms with Crippen molar-refractivity contribution in [3.05, 3.63) is 41.2 Å². The van der Waals surface area contributed by atoms with Crippen LogP contribution in [0, 0.1) is 12.3 Å². The Morgan fingerprint density at radius 3 is 2.67 bits per heavy atom. The number of nitrogens with one attached hydrogen (secondary N) is 2. The monoisotopic (exact) mass is 407 g/mol. The third-order valence-corrected chi connectivity index (χ3v) is 5.07. The van der Waals surface area contributed by atoms with Crippen LogP contribution in [0.1, 0.15) is 46.2 Å². The number of ketones is 1. The molecule has 1 aliphatic rings. The normalized spacial score (nSPS) is 14.6. The predicted molar refractivity (Wildman–Crippen MR) is 114 cm³/mol. The van der Waals surface area contributed by atoms with Crippen molar-refractivity contribution in [2.75, 3.05) is 32.6 Å². The molecular formula is C22H25N5O3. The van der Waals surface area contributed by atoms with E-state index in [4.69, 9.17) is 11.2 Å². The van der Waals surface area contributed by atoms with Crippen molar-refractivity contribution in [2.45, 2.75) is 25.8 Å². The molecule has 1 fully saturated rings. The highest BCUT2D eigenvalue weighted by Crippen LogP contribution is 2.28. The lowest BCUT2D eigenvalue weighted by molar-refractivity contribution is 0.0916. The first-order valence-corrected chi connectivity index (χ1v) is 9.70. The van der Waals surface area contributed by atoms with Crippen molar-refractivity contribution in [2.24, 2.45) is 0 Å². The number of methoxy groups -OCH3 is 1. The molecule has 0 radical (unpaired) electrons. The number of amides is 1. The summed E-state index contributed by atoms with van der Waals surface area (Å²) in [7, 11) is 3.60. The zero-order valence-electron chi connectivity index (χ0n) is 17.4. The average molecular weight is 407 g/mol. The molecule has 0 aliphatic carbocycles. The van der Waals surface area contributed by atoms with E-state index >= 15 is 0 Å². The topological polar surface area (TPSA) is 96.5 Å². The number of carbonyl (C=O) groups is 2. The number of terminal acetylenes is 1. The van der Waals surface area contributed by atoms with E-state index in [1.807, 2.05) is 0 Å². The number of benzene rings is 1. The molecule has 0 spiro atoms. The van der Waals surface area contributed by atoms with E-state index in [9.17, 15) is 9.59 Å². The average Bonchev–Trinajstić information content (AvgIpc) is 2.75. The number of nitrogens with zero attached hydrogens (tertiary/aromatic N) is 3. The lowest BCUT2D eigenvalue weighted by atomic mass is 10.0. The van der Waals surface area contributed by atoms with Crippen LogP contribution in [0.5, 0.6) is 5.75 Å². The Kier molecular flexibility index (Phi) is 6.65. The van der Waals surface area contributed by atoms with E-state index in [0.717, 1.165) is 25.9 Å². The highest BCUT2D eigenvalue weighted by molar-refractivity contribution is 5.96. The Bertz CT molecular complexity index is 991. The summed E-state index contributed by atoms with van der Waals surface area (Å²) in [6, 6.07) is 5.27. The molecule has 2 heterocycles. The van der Waals surface area contributed by atoms with Crippen molar-refractivity contribution in [1.29, 1.82) is 0 Å². The van der Waals surface area contributed by atoms with E-state index in [1.54, 1.807) is 18.2 Å². The molecule has 8 nitrogen and oxygen atoms in total. The maximum atomic E-state index is 12.6. The number of carbonyl (C=O) groups excluding carboxylic acids is 2. The Hall–Kier alpha value is -3.44. The van der Waals surface area contributed by atoms with E-state index in [-0.39, 0.29) is 34.9 Å². The number of hydrogen-bond acceptors (Lipinski definition) is 7. The van der Waals surface area contributed by atoms with E-state index in [0.29, 0.717) is 17.0 Å². The number of ether oxygens (including phenoxy) is 1.